The molecule has 0 aromatic carbocycles. The quantitative estimate of drug-likeness (QED) is 0.836. The summed E-state index contributed by atoms with van der Waals surface area (Å²) >= 11 is 0. The standard InChI is InChI=1S/C13H22N4/c1-10(13-4-6-14-16-13)15-11-5-8-17-7-2-3-12(17)9-11/h4,6,10-12,15H,2-3,5,7-9H2,1H3,(H,14,16). The van der Waals surface area contributed by atoms with Crippen LogP contribution in [0.2, 0.25) is 0 Å². The van der Waals surface area contributed by atoms with Crippen molar-refractivity contribution in [2.24, 2.45) is 0 Å². The highest BCUT2D eigenvalue weighted by Gasteiger charge is 2.32. The molecule has 94 valence electrons. The molecule has 4 nitrogen and oxygen atoms in total. The lowest BCUT2D eigenvalue weighted by atomic mass is 9.96. The summed E-state index contributed by atoms with van der Waals surface area (Å²) < 4.78 is 0. The maximum absolute atomic E-state index is 4.02. The predicted octanol–water partition coefficient (Wildman–Crippen LogP) is 1.69. The third-order valence-electron chi connectivity index (χ3n) is 4.29. The SMILES string of the molecule is CC(NC1CCN2CCCC2C1)c1ccn[nH]1. The van der Waals surface area contributed by atoms with Gasteiger partial charge in [-0.3, -0.25) is 5.10 Å². The highest BCUT2D eigenvalue weighted by Crippen LogP contribution is 2.27. The average molecular weight is 234 g/mol. The summed E-state index contributed by atoms with van der Waals surface area (Å²) in [5.74, 6) is 0. The normalized spacial score (nSPS) is 31.4. The summed E-state index contributed by atoms with van der Waals surface area (Å²) in [6.45, 7) is 4.82. The van der Waals surface area contributed by atoms with Gasteiger partial charge in [-0.25, -0.2) is 0 Å². The molecule has 2 saturated heterocycles. The summed E-state index contributed by atoms with van der Waals surface area (Å²) in [5.41, 5.74) is 1.19. The van der Waals surface area contributed by atoms with Crippen LogP contribution in [0.1, 0.15) is 44.3 Å². The third-order valence-corrected chi connectivity index (χ3v) is 4.29. The van der Waals surface area contributed by atoms with Crippen molar-refractivity contribution in [2.75, 3.05) is 13.1 Å². The number of nitrogens with one attached hydrogen (secondary N) is 2. The number of rotatable bonds is 3. The second kappa shape index (κ2) is 4.78. The van der Waals surface area contributed by atoms with E-state index in [9.17, 15) is 0 Å². The molecule has 1 aromatic rings. The molecule has 0 spiro atoms. The van der Waals surface area contributed by atoms with E-state index < -0.39 is 0 Å². The lowest BCUT2D eigenvalue weighted by Gasteiger charge is -2.36. The summed E-state index contributed by atoms with van der Waals surface area (Å²) in [4.78, 5) is 2.67. The zero-order valence-electron chi connectivity index (χ0n) is 10.5. The van der Waals surface area contributed by atoms with Crippen molar-refractivity contribution in [1.82, 2.24) is 20.4 Å². The fourth-order valence-electron chi connectivity index (χ4n) is 3.33. The number of aromatic amines is 1. The molecule has 3 rings (SSSR count). The second-order valence-electron chi connectivity index (χ2n) is 5.45. The van der Waals surface area contributed by atoms with E-state index in [0.717, 1.165) is 6.04 Å². The van der Waals surface area contributed by atoms with Crippen LogP contribution < -0.4 is 5.32 Å². The van der Waals surface area contributed by atoms with Crippen molar-refractivity contribution in [1.29, 1.82) is 0 Å². The molecule has 2 aliphatic heterocycles. The fraction of sp³-hybridized carbons (Fsp3) is 0.769. The molecule has 2 fully saturated rings. The number of hydrogen-bond donors (Lipinski definition) is 2. The Balaban J connectivity index is 1.55. The second-order valence-corrected chi connectivity index (χ2v) is 5.45. The number of nitrogens with zero attached hydrogens (tertiary/aromatic N) is 2. The minimum atomic E-state index is 0.385. The number of hydrogen-bond acceptors (Lipinski definition) is 3. The molecule has 3 heterocycles. The molecule has 0 radical (unpaired) electrons. The Kier molecular flexibility index (Phi) is 3.16. The van der Waals surface area contributed by atoms with Gasteiger partial charge >= 0.3 is 0 Å². The Hall–Kier alpha value is -0.870. The van der Waals surface area contributed by atoms with E-state index in [-0.39, 0.29) is 0 Å². The molecule has 2 N–H and O–H groups in total. The van der Waals surface area contributed by atoms with Gasteiger partial charge in [0.05, 0.1) is 5.69 Å². The Morgan fingerprint density at radius 1 is 1.47 bits per heavy atom. The van der Waals surface area contributed by atoms with Crippen LogP contribution in [0.25, 0.3) is 0 Å². The van der Waals surface area contributed by atoms with E-state index in [1.165, 1.54) is 44.5 Å². The van der Waals surface area contributed by atoms with Crippen LogP contribution in [-0.2, 0) is 0 Å². The van der Waals surface area contributed by atoms with Crippen molar-refractivity contribution in [3.63, 3.8) is 0 Å². The molecule has 0 saturated carbocycles. The molecule has 3 unspecified atom stereocenters. The predicted molar refractivity (Wildman–Crippen MR) is 67.8 cm³/mol. The Bertz CT molecular complexity index is 348. The molecule has 0 aliphatic carbocycles. The van der Waals surface area contributed by atoms with Gasteiger partial charge in [-0.2, -0.15) is 5.10 Å². The van der Waals surface area contributed by atoms with E-state index in [0.29, 0.717) is 12.1 Å². The first kappa shape index (κ1) is 11.2. The van der Waals surface area contributed by atoms with Crippen LogP contribution in [0.4, 0.5) is 0 Å². The van der Waals surface area contributed by atoms with Crippen molar-refractivity contribution in [3.05, 3.63) is 18.0 Å². The summed E-state index contributed by atoms with van der Waals surface area (Å²) in [7, 11) is 0. The van der Waals surface area contributed by atoms with E-state index in [2.05, 4.69) is 33.4 Å². The number of fused-ring (bicyclic) bond motifs is 1. The van der Waals surface area contributed by atoms with Crippen LogP contribution in [-0.4, -0.2) is 40.3 Å². The lowest BCUT2D eigenvalue weighted by molar-refractivity contribution is 0.162. The van der Waals surface area contributed by atoms with E-state index in [1.54, 1.807) is 0 Å². The molecule has 1 aromatic heterocycles. The number of aromatic nitrogens is 2. The topological polar surface area (TPSA) is 44.0 Å². The van der Waals surface area contributed by atoms with Crippen molar-refractivity contribution >= 4 is 0 Å². The zero-order chi connectivity index (χ0) is 11.7. The van der Waals surface area contributed by atoms with Crippen LogP contribution in [0.15, 0.2) is 12.3 Å². The van der Waals surface area contributed by atoms with Crippen LogP contribution in [0.5, 0.6) is 0 Å². The van der Waals surface area contributed by atoms with Crippen molar-refractivity contribution in [3.8, 4) is 0 Å². The minimum absolute atomic E-state index is 0.385. The largest absolute Gasteiger partial charge is 0.306 e. The molecule has 0 amide bonds. The first-order valence-corrected chi connectivity index (χ1v) is 6.82. The third kappa shape index (κ3) is 2.38. The van der Waals surface area contributed by atoms with E-state index in [1.807, 2.05) is 6.20 Å². The van der Waals surface area contributed by atoms with Gasteiger partial charge in [-0.15, -0.1) is 0 Å². The van der Waals surface area contributed by atoms with E-state index in [4.69, 9.17) is 0 Å². The monoisotopic (exact) mass is 234 g/mol. The van der Waals surface area contributed by atoms with Gasteiger partial charge in [-0.05, 0) is 51.8 Å². The Morgan fingerprint density at radius 2 is 2.41 bits per heavy atom. The van der Waals surface area contributed by atoms with Gasteiger partial charge < -0.3 is 10.2 Å². The Labute approximate surface area is 103 Å². The van der Waals surface area contributed by atoms with Gasteiger partial charge in [0.15, 0.2) is 0 Å². The van der Waals surface area contributed by atoms with Gasteiger partial charge in [0.2, 0.25) is 0 Å². The van der Waals surface area contributed by atoms with Gasteiger partial charge in [-0.1, -0.05) is 0 Å². The van der Waals surface area contributed by atoms with Crippen LogP contribution in [0, 0.1) is 0 Å². The maximum Gasteiger partial charge on any atom is 0.0518 e. The summed E-state index contributed by atoms with van der Waals surface area (Å²) in [5, 5.41) is 10.8. The lowest BCUT2D eigenvalue weighted by Crippen LogP contribution is -2.46. The fourth-order valence-corrected chi connectivity index (χ4v) is 3.33. The smallest absolute Gasteiger partial charge is 0.0518 e. The van der Waals surface area contributed by atoms with Gasteiger partial charge in [0.25, 0.3) is 0 Å². The summed E-state index contributed by atoms with van der Waals surface area (Å²) in [6.07, 6.45) is 7.23. The molecular weight excluding hydrogens is 212 g/mol. The molecule has 4 heteroatoms. The average Bonchev–Trinajstić information content (AvgIpc) is 2.99. The highest BCUT2D eigenvalue weighted by molar-refractivity contribution is 5.04. The van der Waals surface area contributed by atoms with Crippen LogP contribution >= 0.6 is 0 Å². The molecule has 2 aliphatic rings. The Morgan fingerprint density at radius 3 is 3.24 bits per heavy atom. The van der Waals surface area contributed by atoms with E-state index >= 15 is 0 Å². The zero-order valence-corrected chi connectivity index (χ0v) is 10.5. The summed E-state index contributed by atoms with van der Waals surface area (Å²) in [6, 6.07) is 3.96. The molecule has 17 heavy (non-hydrogen) atoms. The molecule has 0 bridgehead atoms. The minimum Gasteiger partial charge on any atom is -0.306 e. The van der Waals surface area contributed by atoms with Crippen molar-refractivity contribution in [2.45, 2.75) is 50.7 Å². The highest BCUT2D eigenvalue weighted by atomic mass is 15.2. The first-order valence-electron chi connectivity index (χ1n) is 6.82. The first-order chi connectivity index (χ1) is 8.33. The number of piperidine rings is 1. The molecular formula is C13H22N4. The van der Waals surface area contributed by atoms with Crippen LogP contribution in [0.3, 0.4) is 0 Å². The maximum atomic E-state index is 4.02. The number of H-pyrrole nitrogens is 1. The van der Waals surface area contributed by atoms with Gasteiger partial charge in [0, 0.05) is 24.3 Å². The van der Waals surface area contributed by atoms with Gasteiger partial charge in [0.1, 0.15) is 0 Å². The molecule has 3 atom stereocenters. The van der Waals surface area contributed by atoms with Crippen molar-refractivity contribution < 1.29 is 0 Å².